The fourth-order valence-electron chi connectivity index (χ4n) is 5.31. The van der Waals surface area contributed by atoms with Gasteiger partial charge in [0.2, 0.25) is 11.8 Å². The number of hydrogen-bond donors (Lipinski definition) is 6. The number of benzene rings is 2. The number of nitrogens with two attached hydrogens (primary N) is 1. The predicted molar refractivity (Wildman–Crippen MR) is 201 cm³/mol. The predicted octanol–water partition coefficient (Wildman–Crippen LogP) is 1.55. The molecule has 8 atom stereocenters. The molecule has 2 aromatic rings. The Labute approximate surface area is 318 Å². The summed E-state index contributed by atoms with van der Waals surface area (Å²) in [5.74, 6) is -4.48. The van der Waals surface area contributed by atoms with E-state index in [1.165, 1.54) is 14.1 Å². The third-order valence-corrected chi connectivity index (χ3v) is 8.98. The number of esters is 1. The summed E-state index contributed by atoms with van der Waals surface area (Å²) in [5, 5.41) is 22.6. The van der Waals surface area contributed by atoms with Gasteiger partial charge >= 0.3 is 5.97 Å². The molecule has 0 saturated heterocycles. The number of rotatable bonds is 23. The third-order valence-electron chi connectivity index (χ3n) is 8.98. The number of aliphatic hydroxyl groups is 1. The quantitative estimate of drug-likeness (QED) is 0.0706. The number of aliphatic hydroxyl groups excluding tert-OH is 1. The molecule has 15 nitrogen and oxygen atoms in total. The van der Waals surface area contributed by atoms with Gasteiger partial charge in [-0.15, -0.1) is 0 Å². The summed E-state index contributed by atoms with van der Waals surface area (Å²) in [4.78, 5) is 66.7. The zero-order valence-electron chi connectivity index (χ0n) is 32.6. The van der Waals surface area contributed by atoms with Gasteiger partial charge in [0.25, 0.3) is 11.8 Å². The van der Waals surface area contributed by atoms with Gasteiger partial charge in [-0.2, -0.15) is 0 Å². The van der Waals surface area contributed by atoms with Crippen molar-refractivity contribution in [1.29, 1.82) is 0 Å². The van der Waals surface area contributed by atoms with E-state index < -0.39 is 78.9 Å². The summed E-state index contributed by atoms with van der Waals surface area (Å²) in [6.07, 6.45) is -6.64. The number of carbonyl (C=O) groups excluding carboxylic acids is 5. The summed E-state index contributed by atoms with van der Waals surface area (Å²) < 4.78 is 23.5. The zero-order valence-corrected chi connectivity index (χ0v) is 32.6. The van der Waals surface area contributed by atoms with Crippen molar-refractivity contribution in [2.24, 2.45) is 23.5 Å². The van der Waals surface area contributed by atoms with Crippen molar-refractivity contribution >= 4 is 29.6 Å². The number of likely N-dealkylation sites (N-methyl/N-ethyl adjacent to an activating group) is 2. The molecule has 0 spiro atoms. The van der Waals surface area contributed by atoms with Gasteiger partial charge in [0, 0.05) is 14.1 Å². The van der Waals surface area contributed by atoms with E-state index in [-0.39, 0.29) is 31.0 Å². The lowest BCUT2D eigenvalue weighted by Gasteiger charge is -2.35. The minimum atomic E-state index is -1.99. The molecular weight excluding hydrogens is 698 g/mol. The number of nitrogens with one attached hydrogen (secondary N) is 4. The molecule has 2 aromatic carbocycles. The second kappa shape index (κ2) is 23.4. The highest BCUT2D eigenvalue weighted by molar-refractivity contribution is 5.91. The molecule has 15 heteroatoms. The largest absolute Gasteiger partial charge is 0.437 e. The Hall–Kier alpha value is -4.41. The fraction of sp³-hybridized carbons (Fsp3) is 0.564. The van der Waals surface area contributed by atoms with Crippen LogP contribution in [0.3, 0.4) is 0 Å². The van der Waals surface area contributed by atoms with E-state index in [4.69, 9.17) is 24.7 Å². The highest BCUT2D eigenvalue weighted by Gasteiger charge is 2.45. The molecule has 0 bridgehead atoms. The van der Waals surface area contributed by atoms with Gasteiger partial charge in [0.1, 0.15) is 30.3 Å². The maximum atomic E-state index is 14.2. The van der Waals surface area contributed by atoms with Crippen molar-refractivity contribution in [3.05, 3.63) is 71.8 Å². The van der Waals surface area contributed by atoms with Crippen LogP contribution in [0.1, 0.15) is 59.1 Å². The number of amides is 4. The highest BCUT2D eigenvalue weighted by atomic mass is 16.7. The highest BCUT2D eigenvalue weighted by Crippen LogP contribution is 2.21. The molecule has 0 saturated carbocycles. The molecule has 0 aliphatic heterocycles. The zero-order chi connectivity index (χ0) is 40.4. The first-order valence-electron chi connectivity index (χ1n) is 18.2. The van der Waals surface area contributed by atoms with Gasteiger partial charge in [-0.05, 0) is 28.9 Å². The van der Waals surface area contributed by atoms with E-state index >= 15 is 0 Å². The van der Waals surface area contributed by atoms with Crippen molar-refractivity contribution in [3.8, 4) is 0 Å². The topological polar surface area (TPSA) is 217 Å². The lowest BCUT2D eigenvalue weighted by Crippen LogP contribution is -2.61. The van der Waals surface area contributed by atoms with Crippen LogP contribution in [0.4, 0.5) is 0 Å². The average molecular weight is 758 g/mol. The van der Waals surface area contributed by atoms with E-state index in [9.17, 15) is 29.1 Å². The minimum Gasteiger partial charge on any atom is -0.437 e. The Kier molecular flexibility index (Phi) is 19.8. The number of hydrogen-bond acceptors (Lipinski definition) is 11. The second-order valence-corrected chi connectivity index (χ2v) is 13.7. The summed E-state index contributed by atoms with van der Waals surface area (Å²) in [7, 11) is 2.86. The molecule has 7 N–H and O–H groups in total. The van der Waals surface area contributed by atoms with Crippen molar-refractivity contribution in [1.82, 2.24) is 21.3 Å². The Bertz CT molecular complexity index is 1460. The van der Waals surface area contributed by atoms with Crippen molar-refractivity contribution in [2.75, 3.05) is 20.9 Å². The Balaban J connectivity index is 2.67. The molecular formula is C39H59N5O10. The molecule has 0 radical (unpaired) electrons. The molecule has 300 valence electrons. The Morgan fingerprint density at radius 3 is 1.50 bits per heavy atom. The van der Waals surface area contributed by atoms with Crippen LogP contribution in [-0.4, -0.2) is 98.1 Å². The molecule has 4 amide bonds. The van der Waals surface area contributed by atoms with Gasteiger partial charge < -0.3 is 51.1 Å². The van der Waals surface area contributed by atoms with Crippen LogP contribution < -0.4 is 27.0 Å². The molecule has 0 unspecified atom stereocenters. The lowest BCUT2D eigenvalue weighted by atomic mass is 9.97. The summed E-state index contributed by atoms with van der Waals surface area (Å²) in [5.41, 5.74) is 7.38. The molecule has 2 rings (SSSR count). The summed E-state index contributed by atoms with van der Waals surface area (Å²) >= 11 is 0. The van der Waals surface area contributed by atoms with Crippen LogP contribution in [0.5, 0.6) is 0 Å². The van der Waals surface area contributed by atoms with E-state index in [0.29, 0.717) is 17.5 Å². The monoisotopic (exact) mass is 757 g/mol. The molecule has 0 aromatic heterocycles. The van der Waals surface area contributed by atoms with Crippen molar-refractivity contribution in [3.63, 3.8) is 0 Å². The van der Waals surface area contributed by atoms with Crippen molar-refractivity contribution in [2.45, 2.75) is 104 Å². The first-order chi connectivity index (χ1) is 25.7. The molecule has 0 aliphatic carbocycles. The van der Waals surface area contributed by atoms with Gasteiger partial charge in [-0.3, -0.25) is 24.0 Å². The SMILES string of the molecule is CC[C@H](C)[C@H](N)C(=O)OCO[C@H]([C@@H](O)[C@@H](OCc1ccccc1)C(=O)N[C@H](C(=O)NC)C(C)C)[C@@H](OCc1ccccc1)C(=O)N[C@H](C(=O)NC)C(C)C. The first kappa shape index (κ1) is 45.7. The smallest absolute Gasteiger partial charge is 0.325 e. The Morgan fingerprint density at radius 2 is 1.09 bits per heavy atom. The third kappa shape index (κ3) is 14.1. The van der Waals surface area contributed by atoms with Crippen LogP contribution in [0.25, 0.3) is 0 Å². The second-order valence-electron chi connectivity index (χ2n) is 13.7. The lowest BCUT2D eigenvalue weighted by molar-refractivity contribution is -0.204. The summed E-state index contributed by atoms with van der Waals surface area (Å²) in [6.45, 7) is 9.46. The van der Waals surface area contributed by atoms with Crippen molar-refractivity contribution < 1.29 is 48.0 Å². The van der Waals surface area contributed by atoms with Gasteiger partial charge in [-0.25, -0.2) is 0 Å². The van der Waals surface area contributed by atoms with Crippen LogP contribution >= 0.6 is 0 Å². The Morgan fingerprint density at radius 1 is 0.667 bits per heavy atom. The van der Waals surface area contributed by atoms with Gasteiger partial charge in [0.05, 0.1) is 13.2 Å². The van der Waals surface area contributed by atoms with Gasteiger partial charge in [-0.1, -0.05) is 109 Å². The molecule has 54 heavy (non-hydrogen) atoms. The average Bonchev–Trinajstić information content (AvgIpc) is 3.17. The first-order valence-corrected chi connectivity index (χ1v) is 18.2. The molecule has 0 heterocycles. The van der Waals surface area contributed by atoms with E-state index in [2.05, 4.69) is 21.3 Å². The van der Waals surface area contributed by atoms with Crippen LogP contribution in [0.15, 0.2) is 60.7 Å². The summed E-state index contributed by atoms with van der Waals surface area (Å²) in [6, 6.07) is 14.7. The maximum absolute atomic E-state index is 14.2. The normalized spacial score (nSPS) is 15.9. The maximum Gasteiger partial charge on any atom is 0.325 e. The van der Waals surface area contributed by atoms with E-state index in [1.807, 2.05) is 6.92 Å². The van der Waals surface area contributed by atoms with Crippen LogP contribution in [0, 0.1) is 17.8 Å². The molecule has 0 fully saturated rings. The molecule has 0 aliphatic rings. The standard InChI is InChI=1S/C39H59N5O10/c1-9-25(6)28(40)39(50)54-22-53-32(34(52-21-27-18-14-11-15-19-27)38(49)44-30(24(4)5)36(47)42-8)31(45)33(51-20-26-16-12-10-13-17-26)37(48)43-29(23(2)3)35(46)41-7/h10-19,23-25,28-34,45H,9,20-22,40H2,1-8H3,(H,41,46)(H,42,47)(H,43,48)(H,44,49)/t25-,28-,29-,30-,31+,32+,33+,34+/m0/s1. The fourth-order valence-corrected chi connectivity index (χ4v) is 5.31. The number of carbonyl (C=O) groups is 5. The minimum absolute atomic E-state index is 0.162. The van der Waals surface area contributed by atoms with E-state index in [0.717, 1.165) is 0 Å². The van der Waals surface area contributed by atoms with Gasteiger partial charge in [0.15, 0.2) is 19.0 Å². The van der Waals surface area contributed by atoms with Crippen LogP contribution in [0.2, 0.25) is 0 Å². The van der Waals surface area contributed by atoms with Crippen LogP contribution in [-0.2, 0) is 56.1 Å². The van der Waals surface area contributed by atoms with E-state index in [1.54, 1.807) is 95.3 Å². The number of ether oxygens (including phenoxy) is 4.